The molecule has 0 bridgehead atoms. The molecule has 0 N–H and O–H groups in total. The SMILES string of the molecule is Cc1nn(-c2ccccc2)c(C)c1CN(C)C(=O)CN(C)S(=O)(=O)c1ccc2ccccc2c1. The summed E-state index contributed by atoms with van der Waals surface area (Å²) in [6.45, 7) is 3.97. The summed E-state index contributed by atoms with van der Waals surface area (Å²) < 4.78 is 29.2. The van der Waals surface area contributed by atoms with Gasteiger partial charge in [-0.15, -0.1) is 0 Å². The summed E-state index contributed by atoms with van der Waals surface area (Å²) in [6.07, 6.45) is 0. The molecule has 3 aromatic carbocycles. The van der Waals surface area contributed by atoms with E-state index < -0.39 is 10.0 Å². The first kappa shape index (κ1) is 23.7. The molecule has 0 atom stereocenters. The van der Waals surface area contributed by atoms with Gasteiger partial charge < -0.3 is 4.90 Å². The molecule has 1 heterocycles. The average molecular weight is 477 g/mol. The van der Waals surface area contributed by atoms with Gasteiger partial charge in [-0.3, -0.25) is 4.79 Å². The molecule has 0 saturated carbocycles. The highest BCUT2D eigenvalue weighted by atomic mass is 32.2. The standard InChI is InChI=1S/C26H28N4O3S/c1-19-25(20(2)30(27-19)23-12-6-5-7-13-23)17-28(3)26(31)18-29(4)34(32,33)24-15-14-21-10-8-9-11-22(21)16-24/h5-16H,17-18H2,1-4H3. The van der Waals surface area contributed by atoms with Crippen LogP contribution in [0.1, 0.15) is 17.0 Å². The number of carbonyl (C=O) groups excluding carboxylic acids is 1. The molecular formula is C26H28N4O3S. The number of nitrogens with zero attached hydrogens (tertiary/aromatic N) is 4. The molecule has 0 aliphatic heterocycles. The Labute approximate surface area is 200 Å². The highest BCUT2D eigenvalue weighted by Gasteiger charge is 2.25. The predicted molar refractivity (Wildman–Crippen MR) is 133 cm³/mol. The van der Waals surface area contributed by atoms with Gasteiger partial charge in [0.25, 0.3) is 0 Å². The van der Waals surface area contributed by atoms with Crippen molar-refractivity contribution in [1.82, 2.24) is 19.0 Å². The normalized spacial score (nSPS) is 11.8. The van der Waals surface area contributed by atoms with Gasteiger partial charge in [-0.05, 0) is 48.9 Å². The van der Waals surface area contributed by atoms with E-state index in [0.29, 0.717) is 6.54 Å². The van der Waals surface area contributed by atoms with E-state index in [2.05, 4.69) is 5.10 Å². The molecule has 0 saturated heterocycles. The lowest BCUT2D eigenvalue weighted by Crippen LogP contribution is -2.39. The van der Waals surface area contributed by atoms with Gasteiger partial charge in [0.1, 0.15) is 0 Å². The molecule has 0 aliphatic carbocycles. The van der Waals surface area contributed by atoms with Gasteiger partial charge in [0.15, 0.2) is 0 Å². The third-order valence-electron chi connectivity index (χ3n) is 6.05. The topological polar surface area (TPSA) is 75.5 Å². The Balaban J connectivity index is 1.48. The fourth-order valence-electron chi connectivity index (χ4n) is 3.95. The van der Waals surface area contributed by atoms with Crippen molar-refractivity contribution in [1.29, 1.82) is 0 Å². The third kappa shape index (κ3) is 4.60. The molecule has 4 rings (SSSR count). The highest BCUT2D eigenvalue weighted by Crippen LogP contribution is 2.22. The fourth-order valence-corrected chi connectivity index (χ4v) is 5.11. The molecule has 176 valence electrons. The van der Waals surface area contributed by atoms with Gasteiger partial charge in [-0.1, -0.05) is 48.5 Å². The number of aromatic nitrogens is 2. The van der Waals surface area contributed by atoms with Crippen molar-refractivity contribution in [3.8, 4) is 5.69 Å². The first-order valence-electron chi connectivity index (χ1n) is 11.0. The Morgan fingerprint density at radius 2 is 1.56 bits per heavy atom. The number of aryl methyl sites for hydroxylation is 1. The molecule has 0 unspecified atom stereocenters. The van der Waals surface area contributed by atoms with Crippen molar-refractivity contribution in [3.05, 3.63) is 89.7 Å². The second-order valence-corrected chi connectivity index (χ2v) is 10.5. The summed E-state index contributed by atoms with van der Waals surface area (Å²) in [6, 6.07) is 22.4. The van der Waals surface area contributed by atoms with Gasteiger partial charge in [0, 0.05) is 31.9 Å². The third-order valence-corrected chi connectivity index (χ3v) is 7.85. The molecule has 0 spiro atoms. The van der Waals surface area contributed by atoms with Crippen LogP contribution in [-0.4, -0.2) is 54.0 Å². The van der Waals surface area contributed by atoms with Crippen molar-refractivity contribution >= 4 is 26.7 Å². The fraction of sp³-hybridized carbons (Fsp3) is 0.231. The number of sulfonamides is 1. The lowest BCUT2D eigenvalue weighted by Gasteiger charge is -2.22. The molecule has 0 aliphatic rings. The molecule has 8 heteroatoms. The van der Waals surface area contributed by atoms with Crippen molar-refractivity contribution in [2.45, 2.75) is 25.3 Å². The predicted octanol–water partition coefficient (Wildman–Crippen LogP) is 3.92. The maximum atomic E-state index is 13.1. The first-order chi connectivity index (χ1) is 16.2. The monoisotopic (exact) mass is 476 g/mol. The van der Waals surface area contributed by atoms with Crippen LogP contribution in [0.4, 0.5) is 0 Å². The molecule has 1 aromatic heterocycles. The van der Waals surface area contributed by atoms with Crippen LogP contribution in [0.25, 0.3) is 16.5 Å². The maximum absolute atomic E-state index is 13.1. The Hall–Kier alpha value is -3.49. The zero-order chi connectivity index (χ0) is 24.5. The molecular weight excluding hydrogens is 448 g/mol. The first-order valence-corrected chi connectivity index (χ1v) is 12.4. The smallest absolute Gasteiger partial charge is 0.243 e. The molecule has 7 nitrogen and oxygen atoms in total. The zero-order valence-corrected chi connectivity index (χ0v) is 20.6. The van der Waals surface area contributed by atoms with E-state index in [1.165, 1.54) is 7.05 Å². The van der Waals surface area contributed by atoms with Crippen LogP contribution < -0.4 is 0 Å². The van der Waals surface area contributed by atoms with E-state index >= 15 is 0 Å². The number of carbonyl (C=O) groups is 1. The molecule has 0 radical (unpaired) electrons. The van der Waals surface area contributed by atoms with Crippen LogP contribution in [0.3, 0.4) is 0 Å². The van der Waals surface area contributed by atoms with E-state index in [-0.39, 0.29) is 17.3 Å². The van der Waals surface area contributed by atoms with Crippen molar-refractivity contribution in [2.75, 3.05) is 20.6 Å². The quantitative estimate of drug-likeness (QED) is 0.405. The Morgan fingerprint density at radius 1 is 0.912 bits per heavy atom. The Bertz CT molecular complexity index is 1450. The molecule has 0 fully saturated rings. The number of rotatable bonds is 7. The number of fused-ring (bicyclic) bond motifs is 1. The van der Waals surface area contributed by atoms with E-state index in [0.717, 1.165) is 37.7 Å². The summed E-state index contributed by atoms with van der Waals surface area (Å²) in [5.74, 6) is -0.293. The van der Waals surface area contributed by atoms with Crippen molar-refractivity contribution in [2.24, 2.45) is 0 Å². The van der Waals surface area contributed by atoms with E-state index in [4.69, 9.17) is 0 Å². The van der Waals surface area contributed by atoms with E-state index in [9.17, 15) is 13.2 Å². The number of benzene rings is 3. The summed E-state index contributed by atoms with van der Waals surface area (Å²) >= 11 is 0. The van der Waals surface area contributed by atoms with Crippen LogP contribution in [0, 0.1) is 13.8 Å². The van der Waals surface area contributed by atoms with E-state index in [1.54, 1.807) is 30.1 Å². The van der Waals surface area contributed by atoms with Gasteiger partial charge in [0.05, 0.1) is 22.8 Å². The number of amides is 1. The number of hydrogen-bond acceptors (Lipinski definition) is 4. The van der Waals surface area contributed by atoms with Gasteiger partial charge in [-0.2, -0.15) is 9.40 Å². The van der Waals surface area contributed by atoms with Crippen molar-refractivity contribution < 1.29 is 13.2 Å². The summed E-state index contributed by atoms with van der Waals surface area (Å²) in [4.78, 5) is 14.6. The Kier molecular flexibility index (Phi) is 6.54. The number of likely N-dealkylation sites (N-methyl/N-ethyl adjacent to an activating group) is 2. The zero-order valence-electron chi connectivity index (χ0n) is 19.8. The second kappa shape index (κ2) is 9.40. The molecule has 34 heavy (non-hydrogen) atoms. The van der Waals surface area contributed by atoms with Gasteiger partial charge >= 0.3 is 0 Å². The Morgan fingerprint density at radius 3 is 2.26 bits per heavy atom. The van der Waals surface area contributed by atoms with Gasteiger partial charge in [0.2, 0.25) is 15.9 Å². The van der Waals surface area contributed by atoms with Crippen LogP contribution >= 0.6 is 0 Å². The summed E-state index contributed by atoms with van der Waals surface area (Å²) in [5.41, 5.74) is 3.67. The van der Waals surface area contributed by atoms with Crippen LogP contribution in [0.5, 0.6) is 0 Å². The lowest BCUT2D eigenvalue weighted by atomic mass is 10.1. The average Bonchev–Trinajstić information content (AvgIpc) is 3.12. The largest absolute Gasteiger partial charge is 0.340 e. The maximum Gasteiger partial charge on any atom is 0.243 e. The minimum atomic E-state index is -3.81. The summed E-state index contributed by atoms with van der Waals surface area (Å²) in [5, 5.41) is 6.42. The summed E-state index contributed by atoms with van der Waals surface area (Å²) in [7, 11) is -0.702. The van der Waals surface area contributed by atoms with Crippen molar-refractivity contribution in [3.63, 3.8) is 0 Å². The van der Waals surface area contributed by atoms with Crippen LogP contribution in [-0.2, 0) is 21.4 Å². The minimum absolute atomic E-state index is 0.167. The van der Waals surface area contributed by atoms with E-state index in [1.807, 2.05) is 73.1 Å². The second-order valence-electron chi connectivity index (χ2n) is 8.42. The molecule has 4 aromatic rings. The number of hydrogen-bond donors (Lipinski definition) is 0. The highest BCUT2D eigenvalue weighted by molar-refractivity contribution is 7.89. The van der Waals surface area contributed by atoms with Crippen LogP contribution in [0.15, 0.2) is 77.7 Å². The lowest BCUT2D eigenvalue weighted by molar-refractivity contribution is -0.130. The number of para-hydroxylation sites is 1. The molecule has 1 amide bonds. The van der Waals surface area contributed by atoms with Crippen LogP contribution in [0.2, 0.25) is 0 Å². The van der Waals surface area contributed by atoms with Gasteiger partial charge in [-0.25, -0.2) is 13.1 Å². The minimum Gasteiger partial charge on any atom is -0.340 e.